The van der Waals surface area contributed by atoms with Crippen LogP contribution in [0.15, 0.2) is 40.9 Å². The molecular weight excluding hydrogens is 390 g/mol. The summed E-state index contributed by atoms with van der Waals surface area (Å²) in [6, 6.07) is 11.6. The third-order valence-electron chi connectivity index (χ3n) is 3.92. The Balaban J connectivity index is 1.94. The van der Waals surface area contributed by atoms with Gasteiger partial charge in [0.05, 0.1) is 5.02 Å². The number of aryl methyl sites for hydroxylation is 1. The molecule has 0 radical (unpaired) electrons. The molecule has 128 valence electrons. The zero-order valence-electron chi connectivity index (χ0n) is 14.0. The van der Waals surface area contributed by atoms with Gasteiger partial charge in [-0.2, -0.15) is 0 Å². The van der Waals surface area contributed by atoms with Crippen LogP contribution in [0.25, 0.3) is 0 Å². The van der Waals surface area contributed by atoms with Crippen LogP contribution >= 0.6 is 27.5 Å². The average molecular weight is 411 g/mol. The first-order chi connectivity index (χ1) is 11.4. The molecular formula is C19H21BrClNO2. The highest BCUT2D eigenvalue weighted by molar-refractivity contribution is 9.10. The molecule has 0 heterocycles. The molecule has 2 rings (SSSR count). The summed E-state index contributed by atoms with van der Waals surface area (Å²) >= 11 is 9.53. The van der Waals surface area contributed by atoms with Crippen molar-refractivity contribution in [2.75, 3.05) is 11.9 Å². The van der Waals surface area contributed by atoms with Gasteiger partial charge in [0.25, 0.3) is 5.91 Å². The maximum atomic E-state index is 12.1. The van der Waals surface area contributed by atoms with E-state index >= 15 is 0 Å². The molecule has 0 spiro atoms. The molecule has 1 atom stereocenters. The van der Waals surface area contributed by atoms with Gasteiger partial charge in [-0.15, -0.1) is 0 Å². The highest BCUT2D eigenvalue weighted by atomic mass is 79.9. The van der Waals surface area contributed by atoms with Crippen molar-refractivity contribution in [3.63, 3.8) is 0 Å². The number of anilines is 1. The topological polar surface area (TPSA) is 38.3 Å². The fraction of sp³-hybridized carbons (Fsp3) is 0.316. The van der Waals surface area contributed by atoms with Crippen molar-refractivity contribution in [3.05, 3.63) is 57.0 Å². The second-order valence-corrected chi connectivity index (χ2v) is 7.12. The molecule has 3 nitrogen and oxygen atoms in total. The Bertz CT molecular complexity index is 693. The van der Waals surface area contributed by atoms with Crippen LogP contribution in [-0.2, 0) is 4.79 Å². The highest BCUT2D eigenvalue weighted by Gasteiger charge is 2.10. The maximum absolute atomic E-state index is 12.1. The molecule has 2 aromatic rings. The van der Waals surface area contributed by atoms with Gasteiger partial charge in [-0.05, 0) is 54.7 Å². The van der Waals surface area contributed by atoms with Crippen LogP contribution in [0.3, 0.4) is 0 Å². The minimum Gasteiger partial charge on any atom is -0.482 e. The first kappa shape index (κ1) is 18.8. The molecule has 0 bridgehead atoms. The lowest BCUT2D eigenvalue weighted by atomic mass is 9.99. The van der Waals surface area contributed by atoms with Crippen molar-refractivity contribution < 1.29 is 9.53 Å². The van der Waals surface area contributed by atoms with Crippen LogP contribution in [0, 0.1) is 6.92 Å². The van der Waals surface area contributed by atoms with Gasteiger partial charge in [0.2, 0.25) is 0 Å². The Morgan fingerprint density at radius 3 is 2.54 bits per heavy atom. The molecule has 0 saturated heterocycles. The molecule has 0 unspecified atom stereocenters. The number of hydrogen-bond acceptors (Lipinski definition) is 2. The lowest BCUT2D eigenvalue weighted by Crippen LogP contribution is -2.20. The number of carbonyl (C=O) groups is 1. The van der Waals surface area contributed by atoms with Crippen LogP contribution in [0.1, 0.15) is 37.3 Å². The quantitative estimate of drug-likeness (QED) is 0.640. The molecule has 1 amide bonds. The van der Waals surface area contributed by atoms with Gasteiger partial charge in [-0.1, -0.05) is 53.5 Å². The van der Waals surface area contributed by atoms with Crippen molar-refractivity contribution in [2.24, 2.45) is 0 Å². The van der Waals surface area contributed by atoms with Crippen LogP contribution in [0.2, 0.25) is 5.02 Å². The number of ether oxygens (including phenoxy) is 1. The first-order valence-corrected chi connectivity index (χ1v) is 9.06. The van der Waals surface area contributed by atoms with Gasteiger partial charge in [-0.3, -0.25) is 4.79 Å². The van der Waals surface area contributed by atoms with Crippen LogP contribution in [-0.4, -0.2) is 12.5 Å². The molecule has 5 heteroatoms. The van der Waals surface area contributed by atoms with E-state index in [1.807, 2.05) is 37.3 Å². The first-order valence-electron chi connectivity index (χ1n) is 7.89. The zero-order valence-corrected chi connectivity index (χ0v) is 16.4. The van der Waals surface area contributed by atoms with E-state index in [0.717, 1.165) is 22.1 Å². The van der Waals surface area contributed by atoms with Crippen molar-refractivity contribution in [1.82, 2.24) is 0 Å². The summed E-state index contributed by atoms with van der Waals surface area (Å²) in [6.07, 6.45) is 1.09. The summed E-state index contributed by atoms with van der Waals surface area (Å²) in [5.74, 6) is 0.826. The van der Waals surface area contributed by atoms with E-state index in [-0.39, 0.29) is 12.5 Å². The second kappa shape index (κ2) is 8.54. The van der Waals surface area contributed by atoms with Crippen molar-refractivity contribution >= 4 is 39.1 Å². The lowest BCUT2D eigenvalue weighted by molar-refractivity contribution is -0.118. The minimum absolute atomic E-state index is 0.0880. The SMILES string of the molecule is CC[C@H](C)c1ccc(NC(=O)COc2c(C)cc(Br)cc2Cl)cc1. The summed E-state index contributed by atoms with van der Waals surface area (Å²) in [4.78, 5) is 12.1. The predicted octanol–water partition coefficient (Wildman–Crippen LogP) is 5.94. The molecule has 0 aliphatic heterocycles. The molecule has 0 fully saturated rings. The van der Waals surface area contributed by atoms with E-state index < -0.39 is 0 Å². The Hall–Kier alpha value is -1.52. The minimum atomic E-state index is -0.218. The Labute approximate surface area is 156 Å². The van der Waals surface area contributed by atoms with Gasteiger partial charge < -0.3 is 10.1 Å². The van der Waals surface area contributed by atoms with E-state index in [4.69, 9.17) is 16.3 Å². The predicted molar refractivity (Wildman–Crippen MR) is 103 cm³/mol. The van der Waals surface area contributed by atoms with E-state index in [9.17, 15) is 4.79 Å². The van der Waals surface area contributed by atoms with Crippen LogP contribution in [0.4, 0.5) is 5.69 Å². The normalized spacial score (nSPS) is 11.9. The number of rotatable bonds is 6. The average Bonchev–Trinajstić information content (AvgIpc) is 2.53. The molecule has 0 aliphatic carbocycles. The molecule has 24 heavy (non-hydrogen) atoms. The summed E-state index contributed by atoms with van der Waals surface area (Å²) < 4.78 is 6.45. The third-order valence-corrected chi connectivity index (χ3v) is 4.66. The summed E-state index contributed by atoms with van der Waals surface area (Å²) in [5, 5.41) is 3.31. The van der Waals surface area contributed by atoms with E-state index in [1.54, 1.807) is 6.07 Å². The fourth-order valence-electron chi connectivity index (χ4n) is 2.34. The largest absolute Gasteiger partial charge is 0.482 e. The van der Waals surface area contributed by atoms with Gasteiger partial charge in [0, 0.05) is 10.2 Å². The fourth-order valence-corrected chi connectivity index (χ4v) is 3.36. The van der Waals surface area contributed by atoms with Crippen molar-refractivity contribution in [1.29, 1.82) is 0 Å². The second-order valence-electron chi connectivity index (χ2n) is 5.80. The summed E-state index contributed by atoms with van der Waals surface area (Å²) in [5.41, 5.74) is 2.90. The highest BCUT2D eigenvalue weighted by Crippen LogP contribution is 2.32. The molecule has 0 aromatic heterocycles. The van der Waals surface area contributed by atoms with Crippen LogP contribution < -0.4 is 10.1 Å². The molecule has 2 aromatic carbocycles. The Morgan fingerprint density at radius 1 is 1.29 bits per heavy atom. The van der Waals surface area contributed by atoms with Gasteiger partial charge in [-0.25, -0.2) is 0 Å². The van der Waals surface area contributed by atoms with Crippen molar-refractivity contribution in [2.45, 2.75) is 33.1 Å². The Morgan fingerprint density at radius 2 is 1.96 bits per heavy atom. The number of hydrogen-bond donors (Lipinski definition) is 1. The van der Waals surface area contributed by atoms with Crippen LogP contribution in [0.5, 0.6) is 5.75 Å². The van der Waals surface area contributed by atoms with Gasteiger partial charge >= 0.3 is 0 Å². The van der Waals surface area contributed by atoms with Gasteiger partial charge in [0.15, 0.2) is 6.61 Å². The summed E-state index contributed by atoms with van der Waals surface area (Å²) in [7, 11) is 0. The lowest BCUT2D eigenvalue weighted by Gasteiger charge is -2.13. The number of benzene rings is 2. The van der Waals surface area contributed by atoms with E-state index in [0.29, 0.717) is 16.7 Å². The summed E-state index contributed by atoms with van der Waals surface area (Å²) in [6.45, 7) is 6.14. The van der Waals surface area contributed by atoms with E-state index in [2.05, 4.69) is 35.1 Å². The maximum Gasteiger partial charge on any atom is 0.262 e. The number of nitrogens with one attached hydrogen (secondary N) is 1. The van der Waals surface area contributed by atoms with Crippen molar-refractivity contribution in [3.8, 4) is 5.75 Å². The number of carbonyl (C=O) groups excluding carboxylic acids is 1. The molecule has 0 aliphatic rings. The Kier molecular flexibility index (Phi) is 6.69. The molecule has 1 N–H and O–H groups in total. The standard InChI is InChI=1S/C19H21BrClNO2/c1-4-12(2)14-5-7-16(8-6-14)22-18(23)11-24-19-13(3)9-15(20)10-17(19)21/h5-10,12H,4,11H2,1-3H3,(H,22,23)/t12-/m0/s1. The monoisotopic (exact) mass is 409 g/mol. The smallest absolute Gasteiger partial charge is 0.262 e. The molecule has 0 saturated carbocycles. The van der Waals surface area contributed by atoms with Gasteiger partial charge in [0.1, 0.15) is 5.75 Å². The third kappa shape index (κ3) is 4.99. The van der Waals surface area contributed by atoms with E-state index in [1.165, 1.54) is 5.56 Å². The number of amides is 1. The zero-order chi connectivity index (χ0) is 17.7. The number of halogens is 2.